The zero-order valence-electron chi connectivity index (χ0n) is 12.0. The summed E-state index contributed by atoms with van der Waals surface area (Å²) in [5.41, 5.74) is 1.05. The molecule has 3 N–H and O–H groups in total. The largest absolute Gasteiger partial charge is 0.310 e. The summed E-state index contributed by atoms with van der Waals surface area (Å²) in [6, 6.07) is 7.03. The van der Waals surface area contributed by atoms with Gasteiger partial charge in [-0.1, -0.05) is 19.1 Å². The van der Waals surface area contributed by atoms with Gasteiger partial charge in [-0.2, -0.15) is 5.10 Å². The number of aromatic nitrogens is 3. The molecule has 0 saturated carbocycles. The highest BCUT2D eigenvalue weighted by Gasteiger charge is 2.15. The lowest BCUT2D eigenvalue weighted by molar-refractivity contribution is 0.578. The Hall–Kier alpha value is -1.77. The molecule has 1 heterocycles. The van der Waals surface area contributed by atoms with E-state index in [1.54, 1.807) is 12.1 Å². The average molecular weight is 309 g/mol. The number of nitrogens with zero attached hydrogens (tertiary/aromatic N) is 2. The first-order valence-electron chi connectivity index (χ1n) is 6.70. The third-order valence-electron chi connectivity index (χ3n) is 3.10. The monoisotopic (exact) mass is 309 g/mol. The molecule has 1 atom stereocenters. The van der Waals surface area contributed by atoms with Crippen molar-refractivity contribution >= 4 is 10.0 Å². The van der Waals surface area contributed by atoms with Crippen LogP contribution in [0, 0.1) is 0 Å². The molecule has 0 fully saturated rings. The molecule has 0 aliphatic heterocycles. The van der Waals surface area contributed by atoms with Gasteiger partial charge < -0.3 is 5.32 Å². The molecule has 0 amide bonds. The molecule has 2 rings (SSSR count). The van der Waals surface area contributed by atoms with Crippen molar-refractivity contribution in [2.45, 2.75) is 31.3 Å². The van der Waals surface area contributed by atoms with Crippen molar-refractivity contribution in [1.29, 1.82) is 0 Å². The molecule has 21 heavy (non-hydrogen) atoms. The Bertz CT molecular complexity index is 652. The van der Waals surface area contributed by atoms with E-state index in [1.165, 1.54) is 6.33 Å². The Morgan fingerprint density at radius 3 is 2.57 bits per heavy atom. The highest BCUT2D eigenvalue weighted by atomic mass is 32.2. The zero-order valence-corrected chi connectivity index (χ0v) is 12.8. The van der Waals surface area contributed by atoms with Crippen LogP contribution < -0.4 is 10.0 Å². The molecule has 0 aliphatic carbocycles. The second kappa shape index (κ2) is 6.79. The molecule has 114 valence electrons. The molecule has 0 radical (unpaired) electrons. The van der Waals surface area contributed by atoms with E-state index in [4.69, 9.17) is 0 Å². The van der Waals surface area contributed by atoms with Crippen molar-refractivity contribution in [3.05, 3.63) is 42.0 Å². The van der Waals surface area contributed by atoms with Crippen LogP contribution in [-0.2, 0) is 16.6 Å². The molecule has 7 nitrogen and oxygen atoms in total. The third kappa shape index (κ3) is 4.10. The first-order valence-corrected chi connectivity index (χ1v) is 8.18. The van der Waals surface area contributed by atoms with Crippen molar-refractivity contribution in [2.24, 2.45) is 0 Å². The van der Waals surface area contributed by atoms with Crippen LogP contribution in [0.25, 0.3) is 0 Å². The summed E-state index contributed by atoms with van der Waals surface area (Å²) in [6.07, 6.45) is 1.33. The number of sulfonamides is 1. The summed E-state index contributed by atoms with van der Waals surface area (Å²) >= 11 is 0. The van der Waals surface area contributed by atoms with E-state index in [-0.39, 0.29) is 17.5 Å². The van der Waals surface area contributed by atoms with Gasteiger partial charge in [-0.3, -0.25) is 5.10 Å². The maximum absolute atomic E-state index is 12.1. The van der Waals surface area contributed by atoms with Gasteiger partial charge in [0.2, 0.25) is 10.0 Å². The second-order valence-electron chi connectivity index (χ2n) is 4.61. The smallest absolute Gasteiger partial charge is 0.240 e. The summed E-state index contributed by atoms with van der Waals surface area (Å²) in [5.74, 6) is 0.468. The minimum atomic E-state index is -3.55. The first-order chi connectivity index (χ1) is 10.0. The number of rotatable bonds is 7. The second-order valence-corrected chi connectivity index (χ2v) is 6.37. The molecule has 0 saturated heterocycles. The number of hydrogen-bond acceptors (Lipinski definition) is 5. The van der Waals surface area contributed by atoms with Crippen molar-refractivity contribution in [1.82, 2.24) is 25.2 Å². The van der Waals surface area contributed by atoms with E-state index in [2.05, 4.69) is 25.2 Å². The molecule has 2 aromatic rings. The van der Waals surface area contributed by atoms with Crippen LogP contribution in [0.4, 0.5) is 0 Å². The highest BCUT2D eigenvalue weighted by Crippen LogP contribution is 2.16. The molecule has 8 heteroatoms. The molecule has 0 aliphatic rings. The maximum atomic E-state index is 12.1. The molecular weight excluding hydrogens is 290 g/mol. The Labute approximate surface area is 124 Å². The molecule has 1 unspecified atom stereocenters. The topological polar surface area (TPSA) is 99.8 Å². The summed E-state index contributed by atoms with van der Waals surface area (Å²) in [6.45, 7) is 5.01. The Morgan fingerprint density at radius 2 is 2.00 bits per heavy atom. The van der Waals surface area contributed by atoms with Crippen molar-refractivity contribution in [3.63, 3.8) is 0 Å². The lowest BCUT2D eigenvalue weighted by atomic mass is 10.1. The average Bonchev–Trinajstić information content (AvgIpc) is 2.99. The van der Waals surface area contributed by atoms with Crippen molar-refractivity contribution < 1.29 is 8.42 Å². The van der Waals surface area contributed by atoms with Gasteiger partial charge in [-0.25, -0.2) is 18.1 Å². The predicted octanol–water partition coefficient (Wildman–Crippen LogP) is 0.954. The first kappa shape index (κ1) is 15.6. The van der Waals surface area contributed by atoms with E-state index in [0.29, 0.717) is 5.82 Å². The molecule has 0 spiro atoms. The highest BCUT2D eigenvalue weighted by molar-refractivity contribution is 7.89. The minimum absolute atomic E-state index is 0.0812. The van der Waals surface area contributed by atoms with Gasteiger partial charge in [0.15, 0.2) is 0 Å². The molecular formula is C13H19N5O2S. The van der Waals surface area contributed by atoms with Crippen molar-refractivity contribution in [3.8, 4) is 0 Å². The lowest BCUT2D eigenvalue weighted by Gasteiger charge is -2.13. The molecule has 1 aromatic carbocycles. The van der Waals surface area contributed by atoms with Gasteiger partial charge in [0.25, 0.3) is 0 Å². The van der Waals surface area contributed by atoms with Gasteiger partial charge in [0, 0.05) is 6.04 Å². The van der Waals surface area contributed by atoms with E-state index in [1.807, 2.05) is 26.0 Å². The summed E-state index contributed by atoms with van der Waals surface area (Å²) in [4.78, 5) is 4.10. The van der Waals surface area contributed by atoms with Crippen LogP contribution in [0.3, 0.4) is 0 Å². The fourth-order valence-electron chi connectivity index (χ4n) is 1.92. The van der Waals surface area contributed by atoms with Gasteiger partial charge in [-0.15, -0.1) is 0 Å². The summed E-state index contributed by atoms with van der Waals surface area (Å²) < 4.78 is 26.8. The van der Waals surface area contributed by atoms with E-state index in [9.17, 15) is 8.42 Å². The predicted molar refractivity (Wildman–Crippen MR) is 78.9 cm³/mol. The fourth-order valence-corrected chi connectivity index (χ4v) is 2.91. The normalized spacial score (nSPS) is 13.2. The van der Waals surface area contributed by atoms with Gasteiger partial charge >= 0.3 is 0 Å². The van der Waals surface area contributed by atoms with Gasteiger partial charge in [-0.05, 0) is 31.2 Å². The fraction of sp³-hybridized carbons (Fsp3) is 0.385. The van der Waals surface area contributed by atoms with Gasteiger partial charge in [0.05, 0.1) is 11.4 Å². The Balaban J connectivity index is 2.06. The number of aromatic amines is 1. The van der Waals surface area contributed by atoms with Crippen LogP contribution in [0.15, 0.2) is 35.5 Å². The number of hydrogen-bond donors (Lipinski definition) is 3. The Kier molecular flexibility index (Phi) is 5.05. The van der Waals surface area contributed by atoms with Crippen LogP contribution in [0.1, 0.15) is 31.3 Å². The van der Waals surface area contributed by atoms with Crippen molar-refractivity contribution in [2.75, 3.05) is 6.54 Å². The van der Waals surface area contributed by atoms with Crippen LogP contribution >= 0.6 is 0 Å². The molecule has 1 aromatic heterocycles. The molecule has 0 bridgehead atoms. The van der Waals surface area contributed by atoms with E-state index < -0.39 is 10.0 Å². The third-order valence-corrected chi connectivity index (χ3v) is 4.51. The van der Waals surface area contributed by atoms with Crippen LogP contribution in [0.5, 0.6) is 0 Å². The van der Waals surface area contributed by atoms with Crippen LogP contribution in [0.2, 0.25) is 0 Å². The van der Waals surface area contributed by atoms with Gasteiger partial charge in [0.1, 0.15) is 12.2 Å². The minimum Gasteiger partial charge on any atom is -0.310 e. The summed E-state index contributed by atoms with van der Waals surface area (Å²) in [7, 11) is -3.55. The standard InChI is InChI=1S/C13H19N5O2S/c1-3-14-10(2)11-4-6-12(7-5-11)21(19,20)17-8-13-15-9-16-18-13/h4-7,9-10,14,17H,3,8H2,1-2H3,(H,15,16,18). The lowest BCUT2D eigenvalue weighted by Crippen LogP contribution is -2.24. The number of benzene rings is 1. The summed E-state index contributed by atoms with van der Waals surface area (Å²) in [5, 5.41) is 9.55. The van der Waals surface area contributed by atoms with E-state index in [0.717, 1.165) is 12.1 Å². The zero-order chi connectivity index (χ0) is 15.3. The number of H-pyrrole nitrogens is 1. The number of nitrogens with one attached hydrogen (secondary N) is 3. The van der Waals surface area contributed by atoms with E-state index >= 15 is 0 Å². The Morgan fingerprint density at radius 1 is 1.29 bits per heavy atom. The quantitative estimate of drug-likeness (QED) is 0.707. The van der Waals surface area contributed by atoms with Crippen LogP contribution in [-0.4, -0.2) is 30.1 Å². The maximum Gasteiger partial charge on any atom is 0.240 e. The SMILES string of the molecule is CCNC(C)c1ccc(S(=O)(=O)NCc2ncn[nH]2)cc1.